The molecule has 0 fully saturated rings. The van der Waals surface area contributed by atoms with Crippen LogP contribution in [0.2, 0.25) is 10.0 Å². The summed E-state index contributed by atoms with van der Waals surface area (Å²) in [4.78, 5) is 23.9. The lowest BCUT2D eigenvalue weighted by molar-refractivity contribution is -0.119. The number of amides is 1. The van der Waals surface area contributed by atoms with Crippen molar-refractivity contribution >= 4 is 40.8 Å². The third-order valence-electron chi connectivity index (χ3n) is 3.36. The largest absolute Gasteiger partial charge is 0.452 e. The van der Waals surface area contributed by atoms with Gasteiger partial charge in [0.05, 0.1) is 16.3 Å². The maximum Gasteiger partial charge on any atom is 0.338 e. The molecule has 0 aliphatic rings. The average molecular weight is 352 g/mol. The molecule has 6 heteroatoms. The van der Waals surface area contributed by atoms with E-state index in [0.717, 1.165) is 11.1 Å². The molecule has 2 aromatic rings. The van der Waals surface area contributed by atoms with Crippen molar-refractivity contribution in [3.8, 4) is 0 Å². The lowest BCUT2D eigenvalue weighted by Crippen LogP contribution is -2.21. The summed E-state index contributed by atoms with van der Waals surface area (Å²) in [5.41, 5.74) is 2.67. The van der Waals surface area contributed by atoms with Gasteiger partial charge in [0.1, 0.15) is 0 Å². The number of benzene rings is 2. The van der Waals surface area contributed by atoms with Gasteiger partial charge in [0.25, 0.3) is 5.91 Å². The molecule has 2 aromatic carbocycles. The number of carbonyl (C=O) groups is 2. The van der Waals surface area contributed by atoms with Crippen LogP contribution in [0.4, 0.5) is 5.69 Å². The molecule has 0 aromatic heterocycles. The van der Waals surface area contributed by atoms with Crippen LogP contribution in [-0.4, -0.2) is 18.5 Å². The fraction of sp³-hybridized carbons (Fsp3) is 0.176. The molecule has 0 atom stereocenters. The average Bonchev–Trinajstić information content (AvgIpc) is 2.50. The van der Waals surface area contributed by atoms with E-state index >= 15 is 0 Å². The number of hydrogen-bond donors (Lipinski definition) is 1. The van der Waals surface area contributed by atoms with E-state index in [0.29, 0.717) is 21.3 Å². The zero-order valence-corrected chi connectivity index (χ0v) is 14.2. The van der Waals surface area contributed by atoms with Gasteiger partial charge in [-0.3, -0.25) is 4.79 Å². The van der Waals surface area contributed by atoms with Crippen LogP contribution in [0, 0.1) is 13.8 Å². The summed E-state index contributed by atoms with van der Waals surface area (Å²) in [6.07, 6.45) is 0. The first kappa shape index (κ1) is 17.3. The number of aryl methyl sites for hydroxylation is 1. The van der Waals surface area contributed by atoms with E-state index in [2.05, 4.69) is 5.32 Å². The third-order valence-corrected chi connectivity index (χ3v) is 3.91. The van der Waals surface area contributed by atoms with E-state index in [4.69, 9.17) is 27.9 Å². The Balaban J connectivity index is 1.96. The van der Waals surface area contributed by atoms with Crippen molar-refractivity contribution in [2.24, 2.45) is 0 Å². The number of ether oxygens (including phenoxy) is 1. The summed E-state index contributed by atoms with van der Waals surface area (Å²) in [6, 6.07) is 10.0. The first-order valence-electron chi connectivity index (χ1n) is 6.86. The van der Waals surface area contributed by atoms with Crippen molar-refractivity contribution in [3.63, 3.8) is 0 Å². The maximum atomic E-state index is 12.0. The smallest absolute Gasteiger partial charge is 0.338 e. The predicted molar refractivity (Wildman–Crippen MR) is 91.3 cm³/mol. The number of anilines is 1. The molecule has 2 rings (SSSR count). The fourth-order valence-electron chi connectivity index (χ4n) is 1.96. The Hall–Kier alpha value is -2.04. The second-order valence-corrected chi connectivity index (χ2v) is 5.84. The molecule has 23 heavy (non-hydrogen) atoms. The van der Waals surface area contributed by atoms with Crippen LogP contribution in [0.3, 0.4) is 0 Å². The lowest BCUT2D eigenvalue weighted by atomic mass is 10.0. The van der Waals surface area contributed by atoms with Crippen molar-refractivity contribution in [1.82, 2.24) is 0 Å². The highest BCUT2D eigenvalue weighted by atomic mass is 35.5. The highest BCUT2D eigenvalue weighted by molar-refractivity contribution is 6.36. The molecule has 0 bridgehead atoms. The van der Waals surface area contributed by atoms with Gasteiger partial charge in [0.15, 0.2) is 6.61 Å². The van der Waals surface area contributed by atoms with Gasteiger partial charge in [-0.05, 0) is 49.2 Å². The molecule has 0 radical (unpaired) electrons. The Kier molecular flexibility index (Phi) is 5.64. The minimum absolute atomic E-state index is 0.312. The molecule has 0 spiro atoms. The molecular formula is C17H15Cl2NO3. The molecule has 0 heterocycles. The molecule has 0 aliphatic heterocycles. The van der Waals surface area contributed by atoms with Gasteiger partial charge in [0, 0.05) is 5.02 Å². The zero-order chi connectivity index (χ0) is 17.0. The Morgan fingerprint density at radius 1 is 1.13 bits per heavy atom. The van der Waals surface area contributed by atoms with Crippen LogP contribution in [-0.2, 0) is 9.53 Å². The zero-order valence-electron chi connectivity index (χ0n) is 12.7. The van der Waals surface area contributed by atoms with Crippen LogP contribution in [0.5, 0.6) is 0 Å². The van der Waals surface area contributed by atoms with Crippen LogP contribution in [0.15, 0.2) is 36.4 Å². The SMILES string of the molecule is Cc1cccc(C(=O)OCC(=O)Nc2ccc(Cl)cc2Cl)c1C. The minimum atomic E-state index is -0.538. The molecule has 1 amide bonds. The Labute approximate surface area is 144 Å². The first-order valence-corrected chi connectivity index (χ1v) is 7.62. The normalized spacial score (nSPS) is 10.3. The minimum Gasteiger partial charge on any atom is -0.452 e. The molecular weight excluding hydrogens is 337 g/mol. The summed E-state index contributed by atoms with van der Waals surface area (Å²) in [5.74, 6) is -1.02. The van der Waals surface area contributed by atoms with Crippen molar-refractivity contribution in [3.05, 3.63) is 63.1 Å². The topological polar surface area (TPSA) is 55.4 Å². The second-order valence-electron chi connectivity index (χ2n) is 5.00. The van der Waals surface area contributed by atoms with Crippen LogP contribution < -0.4 is 5.32 Å². The maximum absolute atomic E-state index is 12.0. The first-order chi connectivity index (χ1) is 10.9. The number of carbonyl (C=O) groups excluding carboxylic acids is 2. The third kappa shape index (κ3) is 4.47. The van der Waals surface area contributed by atoms with Crippen LogP contribution >= 0.6 is 23.2 Å². The van der Waals surface area contributed by atoms with Gasteiger partial charge in [0.2, 0.25) is 0 Å². The lowest BCUT2D eigenvalue weighted by Gasteiger charge is -2.10. The van der Waals surface area contributed by atoms with Crippen molar-refractivity contribution in [2.75, 3.05) is 11.9 Å². The monoisotopic (exact) mass is 351 g/mol. The molecule has 0 saturated heterocycles. The number of hydrogen-bond acceptors (Lipinski definition) is 3. The van der Waals surface area contributed by atoms with Gasteiger partial charge >= 0.3 is 5.97 Å². The van der Waals surface area contributed by atoms with E-state index in [-0.39, 0.29) is 0 Å². The van der Waals surface area contributed by atoms with Gasteiger partial charge in [-0.15, -0.1) is 0 Å². The van der Waals surface area contributed by atoms with Crippen LogP contribution in [0.1, 0.15) is 21.5 Å². The highest BCUT2D eigenvalue weighted by Crippen LogP contribution is 2.25. The summed E-state index contributed by atoms with van der Waals surface area (Å²) in [7, 11) is 0. The molecule has 0 aliphatic carbocycles. The van der Waals surface area contributed by atoms with Crippen molar-refractivity contribution in [1.29, 1.82) is 0 Å². The predicted octanol–water partition coefficient (Wildman–Crippen LogP) is 4.41. The molecule has 120 valence electrons. The summed E-state index contributed by atoms with van der Waals surface area (Å²) in [5, 5.41) is 3.34. The van der Waals surface area contributed by atoms with Crippen LogP contribution in [0.25, 0.3) is 0 Å². The second kappa shape index (κ2) is 7.49. The molecule has 1 N–H and O–H groups in total. The van der Waals surface area contributed by atoms with Gasteiger partial charge in [-0.1, -0.05) is 35.3 Å². The molecule has 0 saturated carbocycles. The molecule has 0 unspecified atom stereocenters. The van der Waals surface area contributed by atoms with E-state index in [1.54, 1.807) is 24.3 Å². The Morgan fingerprint density at radius 3 is 2.57 bits per heavy atom. The van der Waals surface area contributed by atoms with Gasteiger partial charge < -0.3 is 10.1 Å². The van der Waals surface area contributed by atoms with E-state index in [1.807, 2.05) is 19.9 Å². The summed E-state index contributed by atoms with van der Waals surface area (Å²) in [6.45, 7) is 3.34. The number of nitrogens with one attached hydrogen (secondary N) is 1. The van der Waals surface area contributed by atoms with Crippen molar-refractivity contribution < 1.29 is 14.3 Å². The Morgan fingerprint density at radius 2 is 1.87 bits per heavy atom. The quantitative estimate of drug-likeness (QED) is 0.830. The Bertz CT molecular complexity index is 759. The van der Waals surface area contributed by atoms with Gasteiger partial charge in [-0.2, -0.15) is 0 Å². The van der Waals surface area contributed by atoms with E-state index in [1.165, 1.54) is 6.07 Å². The van der Waals surface area contributed by atoms with Gasteiger partial charge in [-0.25, -0.2) is 4.79 Å². The molecule has 4 nitrogen and oxygen atoms in total. The highest BCUT2D eigenvalue weighted by Gasteiger charge is 2.14. The van der Waals surface area contributed by atoms with E-state index in [9.17, 15) is 9.59 Å². The van der Waals surface area contributed by atoms with E-state index < -0.39 is 18.5 Å². The fourth-order valence-corrected chi connectivity index (χ4v) is 2.41. The summed E-state index contributed by atoms with van der Waals surface area (Å²) < 4.78 is 5.04. The summed E-state index contributed by atoms with van der Waals surface area (Å²) >= 11 is 11.7. The van der Waals surface area contributed by atoms with Crippen molar-refractivity contribution in [2.45, 2.75) is 13.8 Å². The number of halogens is 2. The number of esters is 1. The standard InChI is InChI=1S/C17H15Cl2NO3/c1-10-4-3-5-13(11(10)2)17(22)23-9-16(21)20-15-7-6-12(18)8-14(15)19/h3-8H,9H2,1-2H3,(H,20,21). The number of rotatable bonds is 4.